The van der Waals surface area contributed by atoms with Crippen molar-refractivity contribution >= 4 is 5.91 Å². The molecule has 2 N–H and O–H groups in total. The van der Waals surface area contributed by atoms with Crippen LogP contribution in [0, 0.1) is 11.3 Å². The molecule has 0 heterocycles. The maximum Gasteiger partial charge on any atom is 0.238 e. The third-order valence-corrected chi connectivity index (χ3v) is 4.13. The molecule has 1 aliphatic carbocycles. The predicted molar refractivity (Wildman–Crippen MR) is 82.3 cm³/mol. The molecule has 1 aromatic rings. The van der Waals surface area contributed by atoms with E-state index in [1.807, 2.05) is 37.3 Å². The summed E-state index contributed by atoms with van der Waals surface area (Å²) in [7, 11) is 0. The van der Waals surface area contributed by atoms with E-state index in [-0.39, 0.29) is 11.9 Å². The van der Waals surface area contributed by atoms with Crippen molar-refractivity contribution in [3.8, 4) is 6.07 Å². The number of carbonyl (C=O) groups is 1. The molecule has 21 heavy (non-hydrogen) atoms. The molecule has 1 aromatic carbocycles. The third kappa shape index (κ3) is 4.30. The minimum absolute atomic E-state index is 0.0885. The number of nitrogens with zero attached hydrogens (tertiary/aromatic N) is 1. The maximum absolute atomic E-state index is 12.3. The maximum atomic E-state index is 12.3. The van der Waals surface area contributed by atoms with Gasteiger partial charge in [-0.1, -0.05) is 49.6 Å². The fourth-order valence-corrected chi connectivity index (χ4v) is 2.72. The van der Waals surface area contributed by atoms with E-state index in [0.717, 1.165) is 37.7 Å². The Labute approximate surface area is 126 Å². The van der Waals surface area contributed by atoms with Crippen LogP contribution in [0.2, 0.25) is 0 Å². The van der Waals surface area contributed by atoms with Crippen molar-refractivity contribution in [2.45, 2.75) is 57.2 Å². The average Bonchev–Trinajstić information content (AvgIpc) is 2.54. The zero-order valence-electron chi connectivity index (χ0n) is 12.6. The topological polar surface area (TPSA) is 64.9 Å². The second-order valence-electron chi connectivity index (χ2n) is 5.83. The zero-order chi connectivity index (χ0) is 15.1. The lowest BCUT2D eigenvalue weighted by Crippen LogP contribution is -2.54. The van der Waals surface area contributed by atoms with Gasteiger partial charge < -0.3 is 10.6 Å². The van der Waals surface area contributed by atoms with Crippen LogP contribution < -0.4 is 10.6 Å². The van der Waals surface area contributed by atoms with Crippen LogP contribution in [0.1, 0.15) is 44.6 Å². The molecule has 0 aliphatic heterocycles. The molecular formula is C17H23N3O. The number of rotatable bonds is 5. The van der Waals surface area contributed by atoms with E-state index in [4.69, 9.17) is 0 Å². The monoisotopic (exact) mass is 285 g/mol. The van der Waals surface area contributed by atoms with Gasteiger partial charge in [0.15, 0.2) is 0 Å². The van der Waals surface area contributed by atoms with Gasteiger partial charge in [-0.05, 0) is 25.3 Å². The van der Waals surface area contributed by atoms with E-state index in [1.165, 1.54) is 0 Å². The smallest absolute Gasteiger partial charge is 0.238 e. The Bertz CT molecular complexity index is 501. The SMILES string of the molecule is CC(NCc1ccccc1)C(=O)NC1(C#N)CCCCC1. The molecule has 4 heteroatoms. The Balaban J connectivity index is 1.86. The Morgan fingerprint density at radius 3 is 2.57 bits per heavy atom. The highest BCUT2D eigenvalue weighted by molar-refractivity contribution is 5.82. The second kappa shape index (κ2) is 7.24. The minimum Gasteiger partial charge on any atom is -0.336 e. The molecule has 1 atom stereocenters. The lowest BCUT2D eigenvalue weighted by Gasteiger charge is -2.32. The molecule has 1 aliphatic rings. The lowest BCUT2D eigenvalue weighted by atomic mass is 9.82. The summed E-state index contributed by atoms with van der Waals surface area (Å²) in [5.41, 5.74) is 0.489. The highest BCUT2D eigenvalue weighted by atomic mass is 16.2. The molecule has 2 rings (SSSR count). The third-order valence-electron chi connectivity index (χ3n) is 4.13. The molecule has 1 unspecified atom stereocenters. The van der Waals surface area contributed by atoms with Crippen molar-refractivity contribution < 1.29 is 4.79 Å². The quantitative estimate of drug-likeness (QED) is 0.873. The molecule has 112 valence electrons. The summed E-state index contributed by atoms with van der Waals surface area (Å²) < 4.78 is 0. The first-order chi connectivity index (χ1) is 10.2. The van der Waals surface area contributed by atoms with Crippen LogP contribution in [-0.4, -0.2) is 17.5 Å². The summed E-state index contributed by atoms with van der Waals surface area (Å²) in [6.45, 7) is 2.49. The largest absolute Gasteiger partial charge is 0.336 e. The highest BCUT2D eigenvalue weighted by Gasteiger charge is 2.34. The van der Waals surface area contributed by atoms with Gasteiger partial charge in [0.25, 0.3) is 0 Å². The minimum atomic E-state index is -0.655. The van der Waals surface area contributed by atoms with Crippen LogP contribution in [0.25, 0.3) is 0 Å². The van der Waals surface area contributed by atoms with Gasteiger partial charge in [0.2, 0.25) is 5.91 Å². The van der Waals surface area contributed by atoms with Crippen molar-refractivity contribution in [2.24, 2.45) is 0 Å². The van der Waals surface area contributed by atoms with Crippen molar-refractivity contribution in [1.29, 1.82) is 5.26 Å². The summed E-state index contributed by atoms with van der Waals surface area (Å²) in [6.07, 6.45) is 4.71. The first-order valence-corrected chi connectivity index (χ1v) is 7.66. The van der Waals surface area contributed by atoms with Crippen LogP contribution in [0.3, 0.4) is 0 Å². The standard InChI is InChI=1S/C17H23N3O/c1-14(19-12-15-8-4-2-5-9-15)16(21)20-17(13-18)10-6-3-7-11-17/h2,4-5,8-9,14,19H,3,6-7,10-12H2,1H3,(H,20,21). The van der Waals surface area contributed by atoms with Crippen LogP contribution >= 0.6 is 0 Å². The van der Waals surface area contributed by atoms with Gasteiger partial charge in [-0.25, -0.2) is 0 Å². The van der Waals surface area contributed by atoms with E-state index in [0.29, 0.717) is 6.54 Å². The molecule has 0 aromatic heterocycles. The average molecular weight is 285 g/mol. The first-order valence-electron chi connectivity index (χ1n) is 7.66. The number of nitrogens with one attached hydrogen (secondary N) is 2. The number of hydrogen-bond donors (Lipinski definition) is 2. The summed E-state index contributed by atoms with van der Waals surface area (Å²) in [5.74, 6) is -0.0885. The lowest BCUT2D eigenvalue weighted by molar-refractivity contribution is -0.124. The number of nitriles is 1. The van der Waals surface area contributed by atoms with Gasteiger partial charge in [0, 0.05) is 6.54 Å². The van der Waals surface area contributed by atoms with E-state index in [9.17, 15) is 10.1 Å². The van der Waals surface area contributed by atoms with Crippen LogP contribution in [0.4, 0.5) is 0 Å². The molecule has 1 fully saturated rings. The fourth-order valence-electron chi connectivity index (χ4n) is 2.72. The van der Waals surface area contributed by atoms with E-state index < -0.39 is 5.54 Å². The molecular weight excluding hydrogens is 262 g/mol. The second-order valence-corrected chi connectivity index (χ2v) is 5.83. The van der Waals surface area contributed by atoms with Crippen LogP contribution in [0.5, 0.6) is 0 Å². The van der Waals surface area contributed by atoms with Crippen molar-refractivity contribution in [3.63, 3.8) is 0 Å². The Morgan fingerprint density at radius 1 is 1.29 bits per heavy atom. The van der Waals surface area contributed by atoms with Gasteiger partial charge in [0.05, 0.1) is 12.1 Å². The molecule has 1 saturated carbocycles. The predicted octanol–water partition coefficient (Wildman–Crippen LogP) is 2.51. The Kier molecular flexibility index (Phi) is 5.35. The van der Waals surface area contributed by atoms with Crippen molar-refractivity contribution in [2.75, 3.05) is 0 Å². The molecule has 4 nitrogen and oxygen atoms in total. The fraction of sp³-hybridized carbons (Fsp3) is 0.529. The Hall–Kier alpha value is -1.86. The van der Waals surface area contributed by atoms with Gasteiger partial charge in [-0.2, -0.15) is 5.26 Å². The Morgan fingerprint density at radius 2 is 1.95 bits per heavy atom. The summed E-state index contributed by atoms with van der Waals surface area (Å²) in [6, 6.07) is 12.0. The number of amides is 1. The molecule has 0 spiro atoms. The summed E-state index contributed by atoms with van der Waals surface area (Å²) >= 11 is 0. The van der Waals surface area contributed by atoms with Crippen LogP contribution in [-0.2, 0) is 11.3 Å². The number of hydrogen-bond acceptors (Lipinski definition) is 3. The molecule has 0 radical (unpaired) electrons. The summed E-state index contributed by atoms with van der Waals surface area (Å²) in [4.78, 5) is 12.3. The molecule has 1 amide bonds. The first kappa shape index (κ1) is 15.5. The van der Waals surface area contributed by atoms with E-state index in [2.05, 4.69) is 16.7 Å². The normalized spacial score (nSPS) is 18.5. The highest BCUT2D eigenvalue weighted by Crippen LogP contribution is 2.27. The van der Waals surface area contributed by atoms with Gasteiger partial charge in [-0.15, -0.1) is 0 Å². The van der Waals surface area contributed by atoms with Gasteiger partial charge in [-0.3, -0.25) is 4.79 Å². The number of carbonyl (C=O) groups excluding carboxylic acids is 1. The van der Waals surface area contributed by atoms with Crippen molar-refractivity contribution in [1.82, 2.24) is 10.6 Å². The molecule has 0 bridgehead atoms. The van der Waals surface area contributed by atoms with Crippen molar-refractivity contribution in [3.05, 3.63) is 35.9 Å². The zero-order valence-corrected chi connectivity index (χ0v) is 12.6. The van der Waals surface area contributed by atoms with E-state index >= 15 is 0 Å². The van der Waals surface area contributed by atoms with Gasteiger partial charge >= 0.3 is 0 Å². The van der Waals surface area contributed by atoms with Gasteiger partial charge in [0.1, 0.15) is 5.54 Å². The van der Waals surface area contributed by atoms with E-state index in [1.54, 1.807) is 0 Å². The van der Waals surface area contributed by atoms with Crippen LogP contribution in [0.15, 0.2) is 30.3 Å². The summed E-state index contributed by atoms with van der Waals surface area (Å²) in [5, 5.41) is 15.6. The molecule has 0 saturated heterocycles. The number of benzene rings is 1.